The predicted molar refractivity (Wildman–Crippen MR) is 50.1 cm³/mol. The van der Waals surface area contributed by atoms with Crippen LogP contribution in [0.5, 0.6) is 0 Å². The summed E-state index contributed by atoms with van der Waals surface area (Å²) in [7, 11) is 1.72. The van der Waals surface area contributed by atoms with Gasteiger partial charge in [0, 0.05) is 18.8 Å². The van der Waals surface area contributed by atoms with E-state index in [2.05, 4.69) is 4.99 Å². The lowest BCUT2D eigenvalue weighted by Gasteiger charge is -2.01. The summed E-state index contributed by atoms with van der Waals surface area (Å²) in [5, 5.41) is 0. The van der Waals surface area contributed by atoms with Gasteiger partial charge in [0.25, 0.3) is 0 Å². The quantitative estimate of drug-likeness (QED) is 0.481. The van der Waals surface area contributed by atoms with Crippen molar-refractivity contribution in [3.8, 4) is 0 Å². The molecule has 0 amide bonds. The summed E-state index contributed by atoms with van der Waals surface area (Å²) in [6.45, 7) is 1.92. The zero-order valence-electron chi connectivity index (χ0n) is 7.24. The molecule has 0 aromatic heterocycles. The molecule has 0 bridgehead atoms. The number of benzene rings is 1. The Labute approximate surface area is 71.9 Å². The molecule has 0 saturated heterocycles. The first-order chi connectivity index (χ1) is 5.79. The van der Waals surface area contributed by atoms with Crippen LogP contribution in [0.25, 0.3) is 0 Å². The van der Waals surface area contributed by atoms with E-state index in [1.807, 2.05) is 19.1 Å². The highest BCUT2D eigenvalue weighted by atomic mass is 16.1. The highest BCUT2D eigenvalue weighted by Gasteiger charge is 1.99. The van der Waals surface area contributed by atoms with E-state index in [9.17, 15) is 4.79 Å². The van der Waals surface area contributed by atoms with Crippen LogP contribution in [0, 0.1) is 6.92 Å². The molecule has 0 unspecified atom stereocenters. The van der Waals surface area contributed by atoms with Gasteiger partial charge < -0.3 is 0 Å². The van der Waals surface area contributed by atoms with Crippen molar-refractivity contribution in [2.75, 3.05) is 7.05 Å². The topological polar surface area (TPSA) is 29.4 Å². The van der Waals surface area contributed by atoms with Crippen molar-refractivity contribution in [3.05, 3.63) is 34.9 Å². The van der Waals surface area contributed by atoms with E-state index in [4.69, 9.17) is 0 Å². The Balaban J connectivity index is 3.22. The maximum absolute atomic E-state index is 10.5. The number of carbonyl (C=O) groups excluding carboxylic acids is 1. The Kier molecular flexibility index (Phi) is 2.75. The summed E-state index contributed by atoms with van der Waals surface area (Å²) in [5.74, 6) is 0. The number of aldehydes is 1. The summed E-state index contributed by atoms with van der Waals surface area (Å²) in [5.41, 5.74) is 2.72. The molecular formula is C10H11NO. The molecule has 12 heavy (non-hydrogen) atoms. The summed E-state index contributed by atoms with van der Waals surface area (Å²) >= 11 is 0. The number of nitrogens with zero attached hydrogens (tertiary/aromatic N) is 1. The van der Waals surface area contributed by atoms with Crippen LogP contribution in [0.3, 0.4) is 0 Å². The summed E-state index contributed by atoms with van der Waals surface area (Å²) in [6, 6.07) is 5.60. The third kappa shape index (κ3) is 1.59. The summed E-state index contributed by atoms with van der Waals surface area (Å²) in [4.78, 5) is 14.4. The molecule has 0 spiro atoms. The molecule has 0 heterocycles. The molecule has 0 atom stereocenters. The molecule has 1 aromatic carbocycles. The van der Waals surface area contributed by atoms with Crippen molar-refractivity contribution in [1.29, 1.82) is 0 Å². The zero-order chi connectivity index (χ0) is 8.97. The Bertz CT molecular complexity index is 316. The minimum Gasteiger partial charge on any atom is -0.298 e. The van der Waals surface area contributed by atoms with Gasteiger partial charge in [0.1, 0.15) is 6.29 Å². The molecule has 0 aliphatic rings. The summed E-state index contributed by atoms with van der Waals surface area (Å²) in [6.07, 6.45) is 2.62. The van der Waals surface area contributed by atoms with E-state index in [-0.39, 0.29) is 0 Å². The van der Waals surface area contributed by atoms with Crippen molar-refractivity contribution >= 4 is 12.5 Å². The van der Waals surface area contributed by atoms with E-state index in [0.29, 0.717) is 0 Å². The fourth-order valence-electron chi connectivity index (χ4n) is 1.08. The number of hydrogen-bond acceptors (Lipinski definition) is 2. The van der Waals surface area contributed by atoms with Crippen LogP contribution < -0.4 is 0 Å². The Morgan fingerprint density at radius 2 is 2.00 bits per heavy atom. The molecule has 2 nitrogen and oxygen atoms in total. The third-order valence-corrected chi connectivity index (χ3v) is 1.81. The number of carbonyl (C=O) groups is 1. The van der Waals surface area contributed by atoms with Crippen LogP contribution in [0.1, 0.15) is 21.5 Å². The molecule has 2 heteroatoms. The first-order valence-electron chi connectivity index (χ1n) is 3.76. The van der Waals surface area contributed by atoms with Crippen molar-refractivity contribution in [2.24, 2.45) is 4.99 Å². The van der Waals surface area contributed by atoms with E-state index in [0.717, 1.165) is 23.0 Å². The number of rotatable bonds is 2. The second-order valence-electron chi connectivity index (χ2n) is 2.57. The standard InChI is InChI=1S/C10H11NO/c1-8-9(6-11-2)4-3-5-10(8)7-12/h3-7H,1-2H3. The molecular weight excluding hydrogens is 150 g/mol. The lowest BCUT2D eigenvalue weighted by atomic mass is 10.0. The van der Waals surface area contributed by atoms with Gasteiger partial charge in [0.15, 0.2) is 0 Å². The van der Waals surface area contributed by atoms with Gasteiger partial charge in [-0.2, -0.15) is 0 Å². The Hall–Kier alpha value is -1.44. The fraction of sp³-hybridized carbons (Fsp3) is 0.200. The minimum atomic E-state index is 0.729. The van der Waals surface area contributed by atoms with E-state index >= 15 is 0 Å². The van der Waals surface area contributed by atoms with Crippen molar-refractivity contribution < 1.29 is 4.79 Å². The van der Waals surface area contributed by atoms with Gasteiger partial charge in [-0.05, 0) is 18.1 Å². The normalized spacial score (nSPS) is 10.5. The third-order valence-electron chi connectivity index (χ3n) is 1.81. The minimum absolute atomic E-state index is 0.729. The van der Waals surface area contributed by atoms with Gasteiger partial charge in [0.05, 0.1) is 0 Å². The lowest BCUT2D eigenvalue weighted by Crippen LogP contribution is -1.92. The maximum atomic E-state index is 10.5. The molecule has 62 valence electrons. The van der Waals surface area contributed by atoms with Crippen molar-refractivity contribution in [2.45, 2.75) is 6.92 Å². The van der Waals surface area contributed by atoms with Gasteiger partial charge in [-0.3, -0.25) is 9.79 Å². The molecule has 0 fully saturated rings. The number of hydrogen-bond donors (Lipinski definition) is 0. The molecule has 0 aliphatic carbocycles. The maximum Gasteiger partial charge on any atom is 0.150 e. The fourth-order valence-corrected chi connectivity index (χ4v) is 1.08. The van der Waals surface area contributed by atoms with Crippen LogP contribution in [-0.2, 0) is 0 Å². The SMILES string of the molecule is CN=Cc1cccc(C=O)c1C. The van der Waals surface area contributed by atoms with Crippen molar-refractivity contribution in [3.63, 3.8) is 0 Å². The smallest absolute Gasteiger partial charge is 0.150 e. The molecule has 1 aromatic rings. The molecule has 0 aliphatic heterocycles. The Morgan fingerprint density at radius 1 is 1.33 bits per heavy atom. The van der Waals surface area contributed by atoms with Gasteiger partial charge in [-0.1, -0.05) is 18.2 Å². The van der Waals surface area contributed by atoms with Crippen LogP contribution in [0.2, 0.25) is 0 Å². The average molecular weight is 161 g/mol. The molecule has 0 radical (unpaired) electrons. The van der Waals surface area contributed by atoms with Gasteiger partial charge in [-0.25, -0.2) is 0 Å². The second-order valence-corrected chi connectivity index (χ2v) is 2.57. The highest BCUT2D eigenvalue weighted by molar-refractivity contribution is 5.87. The van der Waals surface area contributed by atoms with Crippen molar-refractivity contribution in [1.82, 2.24) is 0 Å². The van der Waals surface area contributed by atoms with Crippen LogP contribution >= 0.6 is 0 Å². The molecule has 0 saturated carbocycles. The first-order valence-corrected chi connectivity index (χ1v) is 3.76. The lowest BCUT2D eigenvalue weighted by molar-refractivity contribution is 0.112. The zero-order valence-corrected chi connectivity index (χ0v) is 7.24. The van der Waals surface area contributed by atoms with Crippen LogP contribution in [0.4, 0.5) is 0 Å². The number of aliphatic imine (C=N–C) groups is 1. The second kappa shape index (κ2) is 3.81. The van der Waals surface area contributed by atoms with Crippen LogP contribution in [0.15, 0.2) is 23.2 Å². The Morgan fingerprint density at radius 3 is 2.58 bits per heavy atom. The largest absolute Gasteiger partial charge is 0.298 e. The average Bonchev–Trinajstić information content (AvgIpc) is 2.09. The van der Waals surface area contributed by atoms with Crippen LogP contribution in [-0.4, -0.2) is 19.5 Å². The first kappa shape index (κ1) is 8.65. The highest BCUT2D eigenvalue weighted by Crippen LogP contribution is 2.09. The van der Waals surface area contributed by atoms with E-state index in [1.165, 1.54) is 0 Å². The van der Waals surface area contributed by atoms with E-state index in [1.54, 1.807) is 19.3 Å². The summed E-state index contributed by atoms with van der Waals surface area (Å²) < 4.78 is 0. The predicted octanol–water partition coefficient (Wildman–Crippen LogP) is 1.86. The van der Waals surface area contributed by atoms with Gasteiger partial charge >= 0.3 is 0 Å². The van der Waals surface area contributed by atoms with Gasteiger partial charge in [0.2, 0.25) is 0 Å². The van der Waals surface area contributed by atoms with Gasteiger partial charge in [-0.15, -0.1) is 0 Å². The monoisotopic (exact) mass is 161 g/mol. The molecule has 0 N–H and O–H groups in total. The molecule has 1 rings (SSSR count). The van der Waals surface area contributed by atoms with E-state index < -0.39 is 0 Å².